The van der Waals surface area contributed by atoms with Crippen LogP contribution in [-0.2, 0) is 0 Å². The molecule has 0 aliphatic heterocycles. The van der Waals surface area contributed by atoms with E-state index in [0.717, 1.165) is 12.1 Å². The highest BCUT2D eigenvalue weighted by atomic mass is 35.5. The van der Waals surface area contributed by atoms with Crippen molar-refractivity contribution < 1.29 is 13.6 Å². The molecule has 0 amide bonds. The summed E-state index contributed by atoms with van der Waals surface area (Å²) in [6, 6.07) is 7.72. The van der Waals surface area contributed by atoms with Crippen molar-refractivity contribution in [2.75, 3.05) is 0 Å². The number of hydrogen-bond acceptors (Lipinski definition) is 1. The van der Waals surface area contributed by atoms with Crippen LogP contribution in [0, 0.1) is 11.6 Å². The summed E-state index contributed by atoms with van der Waals surface area (Å²) < 4.78 is 27.0. The smallest absolute Gasteiger partial charge is 0.160 e. The van der Waals surface area contributed by atoms with E-state index in [1.807, 2.05) is 0 Å². The molecule has 0 aromatic heterocycles. The molecule has 0 heterocycles. The predicted molar refractivity (Wildman–Crippen MR) is 66.8 cm³/mol. The van der Waals surface area contributed by atoms with E-state index in [-0.39, 0.29) is 27.5 Å². The van der Waals surface area contributed by atoms with Crippen LogP contribution in [0.4, 0.5) is 8.78 Å². The van der Waals surface area contributed by atoms with Crippen molar-refractivity contribution >= 4 is 17.4 Å². The number of hydrogen-bond donors (Lipinski definition) is 0. The third kappa shape index (κ3) is 2.41. The zero-order valence-electron chi connectivity index (χ0n) is 9.51. The molecule has 2 aromatic carbocycles. The fourth-order valence-corrected chi connectivity index (χ4v) is 1.91. The van der Waals surface area contributed by atoms with Crippen molar-refractivity contribution in [2.24, 2.45) is 0 Å². The minimum absolute atomic E-state index is 0.157. The number of halogens is 3. The molecule has 0 bridgehead atoms. The van der Waals surface area contributed by atoms with Gasteiger partial charge in [-0.2, -0.15) is 0 Å². The lowest BCUT2D eigenvalue weighted by Crippen LogP contribution is -1.98. The molecular weight excluding hydrogens is 258 g/mol. The first-order chi connectivity index (χ1) is 8.49. The Morgan fingerprint density at radius 1 is 1.06 bits per heavy atom. The molecule has 0 aliphatic carbocycles. The molecule has 0 saturated carbocycles. The van der Waals surface area contributed by atoms with Gasteiger partial charge in [-0.05, 0) is 48.9 Å². The molecule has 0 saturated heterocycles. The highest BCUT2D eigenvalue weighted by Gasteiger charge is 2.14. The molecular formula is C14H9ClF2O. The number of Topliss-reactive ketones (excluding diaryl/α,β-unsaturated/α-hetero) is 1. The van der Waals surface area contributed by atoms with Gasteiger partial charge in [-0.15, -0.1) is 0 Å². The second-order valence-electron chi connectivity index (χ2n) is 3.87. The van der Waals surface area contributed by atoms with E-state index in [4.69, 9.17) is 11.6 Å². The first-order valence-corrected chi connectivity index (χ1v) is 5.63. The summed E-state index contributed by atoms with van der Waals surface area (Å²) >= 11 is 5.66. The van der Waals surface area contributed by atoms with Gasteiger partial charge >= 0.3 is 0 Å². The van der Waals surface area contributed by atoms with Gasteiger partial charge in [0.05, 0.1) is 0 Å². The maximum atomic E-state index is 13.8. The average molecular weight is 267 g/mol. The fourth-order valence-electron chi connectivity index (χ4n) is 1.75. The minimum atomic E-state index is -0.587. The molecule has 92 valence electrons. The lowest BCUT2D eigenvalue weighted by molar-refractivity contribution is 0.101. The second kappa shape index (κ2) is 4.86. The highest BCUT2D eigenvalue weighted by molar-refractivity contribution is 6.30. The van der Waals surface area contributed by atoms with Gasteiger partial charge < -0.3 is 0 Å². The molecule has 0 unspecified atom stereocenters. The summed E-state index contributed by atoms with van der Waals surface area (Å²) in [6.45, 7) is 1.35. The van der Waals surface area contributed by atoms with Gasteiger partial charge in [-0.1, -0.05) is 11.6 Å². The summed E-state index contributed by atoms with van der Waals surface area (Å²) in [5.41, 5.74) is 0.665. The van der Waals surface area contributed by atoms with Gasteiger partial charge in [0.2, 0.25) is 0 Å². The standard InChI is InChI=1S/C14H9ClF2O/c1-8(18)11-5-3-10(16)7-13(11)12-4-2-9(15)6-14(12)17/h2-7H,1H3. The Morgan fingerprint density at radius 2 is 1.78 bits per heavy atom. The third-order valence-corrected chi connectivity index (χ3v) is 2.82. The lowest BCUT2D eigenvalue weighted by atomic mass is 9.97. The Kier molecular flexibility index (Phi) is 3.43. The van der Waals surface area contributed by atoms with Crippen LogP contribution in [-0.4, -0.2) is 5.78 Å². The van der Waals surface area contributed by atoms with Gasteiger partial charge in [0.15, 0.2) is 5.78 Å². The highest BCUT2D eigenvalue weighted by Crippen LogP contribution is 2.29. The van der Waals surface area contributed by atoms with Crippen LogP contribution in [0.2, 0.25) is 5.02 Å². The van der Waals surface area contributed by atoms with Crippen molar-refractivity contribution in [3.8, 4) is 11.1 Å². The number of carbonyl (C=O) groups excluding carboxylic acids is 1. The van der Waals surface area contributed by atoms with Crippen molar-refractivity contribution in [1.29, 1.82) is 0 Å². The van der Waals surface area contributed by atoms with Crippen LogP contribution >= 0.6 is 11.6 Å². The first kappa shape index (κ1) is 12.7. The Morgan fingerprint density at radius 3 is 2.39 bits per heavy atom. The Labute approximate surface area is 108 Å². The van der Waals surface area contributed by atoms with E-state index in [0.29, 0.717) is 0 Å². The van der Waals surface area contributed by atoms with Gasteiger partial charge in [0.25, 0.3) is 0 Å². The molecule has 0 aliphatic rings. The molecule has 0 spiro atoms. The van der Waals surface area contributed by atoms with Crippen LogP contribution in [0.15, 0.2) is 36.4 Å². The normalized spacial score (nSPS) is 10.4. The molecule has 2 aromatic rings. The van der Waals surface area contributed by atoms with Crippen LogP contribution < -0.4 is 0 Å². The van der Waals surface area contributed by atoms with Gasteiger partial charge in [0, 0.05) is 16.1 Å². The SMILES string of the molecule is CC(=O)c1ccc(F)cc1-c1ccc(Cl)cc1F. The Balaban J connectivity index is 2.69. The number of benzene rings is 2. The molecule has 4 heteroatoms. The lowest BCUT2D eigenvalue weighted by Gasteiger charge is -2.08. The molecule has 2 rings (SSSR count). The van der Waals surface area contributed by atoms with Crippen molar-refractivity contribution in [3.05, 3.63) is 58.6 Å². The molecule has 18 heavy (non-hydrogen) atoms. The summed E-state index contributed by atoms with van der Waals surface area (Å²) in [5, 5.41) is 0.247. The molecule has 0 fully saturated rings. The van der Waals surface area contributed by atoms with E-state index in [1.54, 1.807) is 0 Å². The third-order valence-electron chi connectivity index (χ3n) is 2.58. The monoisotopic (exact) mass is 266 g/mol. The summed E-state index contributed by atoms with van der Waals surface area (Å²) in [5.74, 6) is -1.36. The summed E-state index contributed by atoms with van der Waals surface area (Å²) in [4.78, 5) is 11.5. The molecule has 1 nitrogen and oxygen atoms in total. The van der Waals surface area contributed by atoms with Crippen LogP contribution in [0.3, 0.4) is 0 Å². The number of carbonyl (C=O) groups is 1. The van der Waals surface area contributed by atoms with E-state index >= 15 is 0 Å². The minimum Gasteiger partial charge on any atom is -0.294 e. The summed E-state index contributed by atoms with van der Waals surface area (Å²) in [7, 11) is 0. The van der Waals surface area contributed by atoms with Crippen LogP contribution in [0.1, 0.15) is 17.3 Å². The Hall–Kier alpha value is -1.74. The van der Waals surface area contributed by atoms with Gasteiger partial charge in [0.1, 0.15) is 11.6 Å². The van der Waals surface area contributed by atoms with Gasteiger partial charge in [-0.3, -0.25) is 4.79 Å². The maximum absolute atomic E-state index is 13.8. The summed E-state index contributed by atoms with van der Waals surface area (Å²) in [6.07, 6.45) is 0. The van der Waals surface area contributed by atoms with E-state index in [2.05, 4.69) is 0 Å². The van der Waals surface area contributed by atoms with E-state index < -0.39 is 11.6 Å². The largest absolute Gasteiger partial charge is 0.294 e. The van der Waals surface area contributed by atoms with Gasteiger partial charge in [-0.25, -0.2) is 8.78 Å². The molecule has 0 N–H and O–H groups in total. The van der Waals surface area contributed by atoms with Crippen molar-refractivity contribution in [3.63, 3.8) is 0 Å². The fraction of sp³-hybridized carbons (Fsp3) is 0.0714. The predicted octanol–water partition coefficient (Wildman–Crippen LogP) is 4.49. The molecule has 0 radical (unpaired) electrons. The van der Waals surface area contributed by atoms with E-state index in [9.17, 15) is 13.6 Å². The quantitative estimate of drug-likeness (QED) is 0.732. The van der Waals surface area contributed by atoms with E-state index in [1.165, 1.54) is 31.2 Å². The number of ketones is 1. The zero-order valence-corrected chi connectivity index (χ0v) is 10.3. The van der Waals surface area contributed by atoms with Crippen LogP contribution in [0.5, 0.6) is 0 Å². The van der Waals surface area contributed by atoms with Crippen molar-refractivity contribution in [2.45, 2.75) is 6.92 Å². The number of rotatable bonds is 2. The van der Waals surface area contributed by atoms with Crippen LogP contribution in [0.25, 0.3) is 11.1 Å². The average Bonchev–Trinajstić information content (AvgIpc) is 2.28. The Bertz CT molecular complexity index is 623. The maximum Gasteiger partial charge on any atom is 0.160 e. The second-order valence-corrected chi connectivity index (χ2v) is 4.31. The molecule has 0 atom stereocenters. The first-order valence-electron chi connectivity index (χ1n) is 5.25. The topological polar surface area (TPSA) is 17.1 Å². The van der Waals surface area contributed by atoms with Crippen molar-refractivity contribution in [1.82, 2.24) is 0 Å². The zero-order chi connectivity index (χ0) is 13.3.